The predicted octanol–water partition coefficient (Wildman–Crippen LogP) is 11.2. The highest BCUT2D eigenvalue weighted by atomic mass is 19.4. The van der Waals surface area contributed by atoms with E-state index in [2.05, 4.69) is 0 Å². The van der Waals surface area contributed by atoms with Crippen molar-refractivity contribution in [2.75, 3.05) is 13.7 Å². The summed E-state index contributed by atoms with van der Waals surface area (Å²) in [5.74, 6) is 1.39. The number of alkyl halides is 3. The standard InChI is InChI=1S/C40H32F3NO2/c1-4-46-34-23-17-28(18-24-34)36-35(27-15-13-26(2)14-16-27)37(31-11-8-12-32(25-31)40(41,42)43)39(30-19-21-33(45-3)22-20-30)44-38(36)29-9-6-5-7-10-29/h5-25H,4H2,1-3H3. The van der Waals surface area contributed by atoms with E-state index in [9.17, 15) is 13.2 Å². The third-order valence-electron chi connectivity index (χ3n) is 7.88. The molecule has 0 bridgehead atoms. The molecule has 230 valence electrons. The lowest BCUT2D eigenvalue weighted by Crippen LogP contribution is -2.06. The number of halogens is 3. The second kappa shape index (κ2) is 12.9. The number of benzene rings is 5. The average Bonchev–Trinajstić information content (AvgIpc) is 3.08. The highest BCUT2D eigenvalue weighted by molar-refractivity contribution is 6.05. The Morgan fingerprint density at radius 2 is 1.09 bits per heavy atom. The van der Waals surface area contributed by atoms with Gasteiger partial charge in [0.05, 0.1) is 30.7 Å². The first-order valence-electron chi connectivity index (χ1n) is 15.0. The Kier molecular flexibility index (Phi) is 8.62. The Bertz CT molecular complexity index is 1950. The summed E-state index contributed by atoms with van der Waals surface area (Å²) in [6, 6.07) is 38.7. The highest BCUT2D eigenvalue weighted by Crippen LogP contribution is 2.49. The molecule has 0 aliphatic rings. The van der Waals surface area contributed by atoms with Crippen LogP contribution in [0.2, 0.25) is 0 Å². The largest absolute Gasteiger partial charge is 0.497 e. The van der Waals surface area contributed by atoms with Crippen molar-refractivity contribution in [2.45, 2.75) is 20.0 Å². The Hall–Kier alpha value is -5.36. The van der Waals surface area contributed by atoms with Gasteiger partial charge in [-0.05, 0) is 79.1 Å². The molecule has 0 atom stereocenters. The Balaban J connectivity index is 1.80. The van der Waals surface area contributed by atoms with Gasteiger partial charge in [-0.3, -0.25) is 0 Å². The molecule has 5 aromatic carbocycles. The van der Waals surface area contributed by atoms with E-state index in [1.165, 1.54) is 12.1 Å². The zero-order chi connectivity index (χ0) is 32.3. The molecule has 0 unspecified atom stereocenters. The summed E-state index contributed by atoms with van der Waals surface area (Å²) >= 11 is 0. The van der Waals surface area contributed by atoms with Crippen molar-refractivity contribution in [1.29, 1.82) is 0 Å². The monoisotopic (exact) mass is 615 g/mol. The van der Waals surface area contributed by atoms with Crippen LogP contribution in [0.5, 0.6) is 11.5 Å². The van der Waals surface area contributed by atoms with E-state index in [0.717, 1.165) is 50.8 Å². The minimum atomic E-state index is -4.52. The van der Waals surface area contributed by atoms with Gasteiger partial charge in [-0.15, -0.1) is 0 Å². The number of nitrogens with zero attached hydrogens (tertiary/aromatic N) is 1. The molecule has 1 heterocycles. The van der Waals surface area contributed by atoms with Gasteiger partial charge in [-0.1, -0.05) is 84.4 Å². The lowest BCUT2D eigenvalue weighted by Gasteiger charge is -2.24. The van der Waals surface area contributed by atoms with Crippen molar-refractivity contribution in [3.05, 3.63) is 139 Å². The smallest absolute Gasteiger partial charge is 0.416 e. The molecule has 0 saturated carbocycles. The number of hydrogen-bond acceptors (Lipinski definition) is 3. The van der Waals surface area contributed by atoms with Crippen LogP contribution in [0.25, 0.3) is 55.9 Å². The zero-order valence-corrected chi connectivity index (χ0v) is 25.7. The van der Waals surface area contributed by atoms with E-state index >= 15 is 0 Å². The minimum Gasteiger partial charge on any atom is -0.497 e. The first-order chi connectivity index (χ1) is 22.3. The van der Waals surface area contributed by atoms with Gasteiger partial charge in [0.25, 0.3) is 0 Å². The second-order valence-electron chi connectivity index (χ2n) is 10.9. The van der Waals surface area contributed by atoms with Crippen LogP contribution in [0, 0.1) is 6.92 Å². The fraction of sp³-hybridized carbons (Fsp3) is 0.125. The van der Waals surface area contributed by atoms with E-state index in [1.807, 2.05) is 117 Å². The SMILES string of the molecule is CCOc1ccc(-c2c(-c3ccccc3)nc(-c3ccc(OC)cc3)c(-c3cccc(C(F)(F)F)c3)c2-c2ccc(C)cc2)cc1. The summed E-state index contributed by atoms with van der Waals surface area (Å²) in [7, 11) is 1.59. The maximum absolute atomic E-state index is 14.1. The van der Waals surface area contributed by atoms with Gasteiger partial charge in [-0.2, -0.15) is 13.2 Å². The molecule has 46 heavy (non-hydrogen) atoms. The summed E-state index contributed by atoms with van der Waals surface area (Å²) in [5.41, 5.74) is 7.56. The third kappa shape index (κ3) is 6.24. The van der Waals surface area contributed by atoms with Gasteiger partial charge in [0.2, 0.25) is 0 Å². The number of aromatic nitrogens is 1. The molecule has 0 aliphatic carbocycles. The molecule has 0 aliphatic heterocycles. The van der Waals surface area contributed by atoms with Gasteiger partial charge < -0.3 is 9.47 Å². The molecule has 3 nitrogen and oxygen atoms in total. The van der Waals surface area contributed by atoms with Crippen LogP contribution in [0.4, 0.5) is 13.2 Å². The zero-order valence-electron chi connectivity index (χ0n) is 25.7. The van der Waals surface area contributed by atoms with Gasteiger partial charge in [0, 0.05) is 27.8 Å². The first-order valence-corrected chi connectivity index (χ1v) is 15.0. The van der Waals surface area contributed by atoms with E-state index in [1.54, 1.807) is 13.2 Å². The Morgan fingerprint density at radius 1 is 0.565 bits per heavy atom. The van der Waals surface area contributed by atoms with Crippen molar-refractivity contribution in [3.63, 3.8) is 0 Å². The molecule has 0 spiro atoms. The highest BCUT2D eigenvalue weighted by Gasteiger charge is 2.32. The molecule has 0 saturated heterocycles. The molecule has 6 heteroatoms. The van der Waals surface area contributed by atoms with Crippen molar-refractivity contribution < 1.29 is 22.6 Å². The van der Waals surface area contributed by atoms with Crippen LogP contribution in [0.15, 0.2) is 127 Å². The summed E-state index contributed by atoms with van der Waals surface area (Å²) in [6.07, 6.45) is -4.52. The first kappa shape index (κ1) is 30.7. The number of ether oxygens (including phenoxy) is 2. The van der Waals surface area contributed by atoms with Crippen LogP contribution in [-0.4, -0.2) is 18.7 Å². The number of aryl methyl sites for hydroxylation is 1. The fourth-order valence-corrected chi connectivity index (χ4v) is 5.65. The summed E-state index contributed by atoms with van der Waals surface area (Å²) < 4.78 is 53.6. The minimum absolute atomic E-state index is 0.413. The predicted molar refractivity (Wildman–Crippen MR) is 179 cm³/mol. The summed E-state index contributed by atoms with van der Waals surface area (Å²) in [6.45, 7) is 4.47. The quantitative estimate of drug-likeness (QED) is 0.171. The van der Waals surface area contributed by atoms with Crippen LogP contribution in [-0.2, 0) is 6.18 Å². The molecular formula is C40H32F3NO2. The molecule has 1 aromatic heterocycles. The maximum Gasteiger partial charge on any atom is 0.416 e. The fourth-order valence-electron chi connectivity index (χ4n) is 5.65. The second-order valence-corrected chi connectivity index (χ2v) is 10.9. The lowest BCUT2D eigenvalue weighted by atomic mass is 9.83. The van der Waals surface area contributed by atoms with Crippen molar-refractivity contribution >= 4 is 0 Å². The molecule has 0 fully saturated rings. The number of rotatable bonds is 8. The number of pyridine rings is 1. The third-order valence-corrected chi connectivity index (χ3v) is 7.88. The Labute approximate surface area is 266 Å². The van der Waals surface area contributed by atoms with E-state index in [0.29, 0.717) is 34.9 Å². The molecule has 0 amide bonds. The van der Waals surface area contributed by atoms with E-state index in [-0.39, 0.29) is 0 Å². The number of hydrogen-bond donors (Lipinski definition) is 0. The van der Waals surface area contributed by atoms with Crippen LogP contribution < -0.4 is 9.47 Å². The van der Waals surface area contributed by atoms with Crippen LogP contribution >= 0.6 is 0 Å². The normalized spacial score (nSPS) is 11.3. The van der Waals surface area contributed by atoms with E-state index in [4.69, 9.17) is 14.5 Å². The molecule has 0 N–H and O–H groups in total. The molecular weight excluding hydrogens is 583 g/mol. The molecule has 6 aromatic rings. The van der Waals surface area contributed by atoms with Gasteiger partial charge in [-0.25, -0.2) is 4.98 Å². The van der Waals surface area contributed by atoms with Crippen molar-refractivity contribution in [2.24, 2.45) is 0 Å². The lowest BCUT2D eigenvalue weighted by molar-refractivity contribution is -0.137. The summed E-state index contributed by atoms with van der Waals surface area (Å²) in [4.78, 5) is 5.32. The van der Waals surface area contributed by atoms with Crippen molar-refractivity contribution in [1.82, 2.24) is 4.98 Å². The van der Waals surface area contributed by atoms with Gasteiger partial charge >= 0.3 is 6.18 Å². The van der Waals surface area contributed by atoms with Crippen LogP contribution in [0.1, 0.15) is 18.1 Å². The molecule has 0 radical (unpaired) electrons. The maximum atomic E-state index is 14.1. The molecule has 6 rings (SSSR count). The van der Waals surface area contributed by atoms with Crippen molar-refractivity contribution in [3.8, 4) is 67.4 Å². The van der Waals surface area contributed by atoms with Gasteiger partial charge in [0.15, 0.2) is 0 Å². The number of methoxy groups -OCH3 is 1. The average molecular weight is 616 g/mol. The van der Waals surface area contributed by atoms with Gasteiger partial charge in [0.1, 0.15) is 11.5 Å². The summed E-state index contributed by atoms with van der Waals surface area (Å²) in [5, 5.41) is 0. The topological polar surface area (TPSA) is 31.4 Å². The van der Waals surface area contributed by atoms with Crippen LogP contribution in [0.3, 0.4) is 0 Å². The van der Waals surface area contributed by atoms with E-state index < -0.39 is 11.7 Å². The Morgan fingerprint density at radius 3 is 1.70 bits per heavy atom.